The van der Waals surface area contributed by atoms with Crippen molar-refractivity contribution in [3.05, 3.63) is 28.8 Å². The van der Waals surface area contributed by atoms with Crippen molar-refractivity contribution in [2.75, 3.05) is 24.7 Å². The highest BCUT2D eigenvalue weighted by molar-refractivity contribution is 6.34. The van der Waals surface area contributed by atoms with E-state index >= 15 is 0 Å². The first-order valence-corrected chi connectivity index (χ1v) is 6.18. The summed E-state index contributed by atoms with van der Waals surface area (Å²) in [4.78, 5) is 13.3. The van der Waals surface area contributed by atoms with E-state index in [2.05, 4.69) is 0 Å². The second kappa shape index (κ2) is 4.78. The number of carboxylic acids is 1. The summed E-state index contributed by atoms with van der Waals surface area (Å²) in [5.41, 5.74) is 0.547. The number of carboxylic acid groups (broad SMARTS) is 1. The number of halogens is 1. The molecule has 98 valence electrons. The van der Waals surface area contributed by atoms with Gasteiger partial charge in [-0.1, -0.05) is 17.7 Å². The largest absolute Gasteiger partial charge is 0.478 e. The Morgan fingerprint density at radius 1 is 1.50 bits per heavy atom. The van der Waals surface area contributed by atoms with Crippen molar-refractivity contribution in [3.8, 4) is 0 Å². The van der Waals surface area contributed by atoms with E-state index in [1.54, 1.807) is 18.2 Å². The molecule has 0 aromatic heterocycles. The molecule has 1 aliphatic rings. The van der Waals surface area contributed by atoms with Crippen LogP contribution in [0, 0.1) is 0 Å². The van der Waals surface area contributed by atoms with Gasteiger partial charge in [-0.25, -0.2) is 4.79 Å². The van der Waals surface area contributed by atoms with Crippen molar-refractivity contribution in [2.45, 2.75) is 19.4 Å². The lowest BCUT2D eigenvalue weighted by atomic mass is 9.99. The summed E-state index contributed by atoms with van der Waals surface area (Å²) in [6, 6.07) is 4.95. The van der Waals surface area contributed by atoms with Gasteiger partial charge in [-0.2, -0.15) is 0 Å². The normalized spacial score (nSPS) is 18.7. The van der Waals surface area contributed by atoms with E-state index in [1.165, 1.54) is 0 Å². The highest BCUT2D eigenvalue weighted by Gasteiger charge is 2.34. The highest BCUT2D eigenvalue weighted by Crippen LogP contribution is 2.35. The predicted octanol–water partition coefficient (Wildman–Crippen LogP) is 2.65. The van der Waals surface area contributed by atoms with Crippen LogP contribution in [0.1, 0.15) is 24.2 Å². The van der Waals surface area contributed by atoms with Gasteiger partial charge in [0.15, 0.2) is 0 Å². The zero-order chi connectivity index (χ0) is 13.3. The molecule has 1 aliphatic heterocycles. The molecular weight excluding hydrogens is 254 g/mol. The molecule has 0 aliphatic carbocycles. The number of rotatable bonds is 2. The average Bonchev–Trinajstić information content (AvgIpc) is 2.29. The fraction of sp³-hybridized carbons (Fsp3) is 0.462. The number of para-hydroxylation sites is 1. The molecule has 0 atom stereocenters. The number of ether oxygens (including phenoxy) is 1. The molecule has 2 rings (SSSR count). The van der Waals surface area contributed by atoms with E-state index < -0.39 is 5.97 Å². The maximum atomic E-state index is 11.3. The average molecular weight is 270 g/mol. The smallest absolute Gasteiger partial charge is 0.337 e. The molecule has 5 heteroatoms. The van der Waals surface area contributed by atoms with Crippen LogP contribution in [-0.4, -0.2) is 36.4 Å². The van der Waals surface area contributed by atoms with Crippen LogP contribution in [0.4, 0.5) is 5.69 Å². The van der Waals surface area contributed by atoms with Crippen LogP contribution < -0.4 is 4.90 Å². The van der Waals surface area contributed by atoms with Crippen molar-refractivity contribution in [3.63, 3.8) is 0 Å². The molecule has 0 unspecified atom stereocenters. The minimum absolute atomic E-state index is 0.234. The van der Waals surface area contributed by atoms with E-state index in [9.17, 15) is 9.90 Å². The van der Waals surface area contributed by atoms with Crippen molar-refractivity contribution in [1.29, 1.82) is 0 Å². The number of aromatic carboxylic acids is 1. The number of hydrogen-bond donors (Lipinski definition) is 1. The molecule has 1 aromatic carbocycles. The SMILES string of the molecule is CC1(C)COCCN1c1c(Cl)cccc1C(=O)O. The fourth-order valence-corrected chi connectivity index (χ4v) is 2.51. The number of carbonyl (C=O) groups is 1. The van der Waals surface area contributed by atoms with Crippen molar-refractivity contribution in [1.82, 2.24) is 0 Å². The molecule has 1 N–H and O–H groups in total. The van der Waals surface area contributed by atoms with Crippen LogP contribution in [0.3, 0.4) is 0 Å². The Morgan fingerprint density at radius 2 is 2.22 bits per heavy atom. The summed E-state index contributed by atoms with van der Waals surface area (Å²) in [5.74, 6) is -0.963. The van der Waals surface area contributed by atoms with Gasteiger partial charge in [-0.15, -0.1) is 0 Å². The molecule has 0 radical (unpaired) electrons. The van der Waals surface area contributed by atoms with Crippen LogP contribution in [0.25, 0.3) is 0 Å². The van der Waals surface area contributed by atoms with E-state index in [4.69, 9.17) is 16.3 Å². The minimum atomic E-state index is -0.963. The Morgan fingerprint density at radius 3 is 2.83 bits per heavy atom. The molecule has 18 heavy (non-hydrogen) atoms. The lowest BCUT2D eigenvalue weighted by molar-refractivity contribution is 0.0629. The van der Waals surface area contributed by atoms with Gasteiger partial charge in [0, 0.05) is 6.54 Å². The Bertz CT molecular complexity index is 473. The van der Waals surface area contributed by atoms with Crippen molar-refractivity contribution >= 4 is 23.3 Å². The van der Waals surface area contributed by atoms with Gasteiger partial charge in [-0.05, 0) is 26.0 Å². The maximum Gasteiger partial charge on any atom is 0.337 e. The molecule has 4 nitrogen and oxygen atoms in total. The number of nitrogens with zero attached hydrogens (tertiary/aromatic N) is 1. The second-order valence-corrected chi connectivity index (χ2v) is 5.37. The molecule has 1 saturated heterocycles. The monoisotopic (exact) mass is 269 g/mol. The summed E-state index contributed by atoms with van der Waals surface area (Å²) in [6.45, 7) is 5.80. The van der Waals surface area contributed by atoms with Gasteiger partial charge in [0.05, 0.1) is 35.0 Å². The molecular formula is C13H16ClNO3. The zero-order valence-electron chi connectivity index (χ0n) is 10.4. The highest BCUT2D eigenvalue weighted by atomic mass is 35.5. The molecule has 0 amide bonds. The fourth-order valence-electron chi connectivity index (χ4n) is 2.24. The quantitative estimate of drug-likeness (QED) is 0.897. The number of benzene rings is 1. The van der Waals surface area contributed by atoms with Gasteiger partial charge in [0.25, 0.3) is 0 Å². The molecule has 1 aromatic rings. The van der Waals surface area contributed by atoms with E-state index in [0.717, 1.165) is 0 Å². The molecule has 0 spiro atoms. The minimum Gasteiger partial charge on any atom is -0.478 e. The van der Waals surface area contributed by atoms with Crippen LogP contribution in [-0.2, 0) is 4.74 Å². The van der Waals surface area contributed by atoms with Crippen LogP contribution in [0.2, 0.25) is 5.02 Å². The van der Waals surface area contributed by atoms with Gasteiger partial charge in [0.1, 0.15) is 0 Å². The Kier molecular flexibility index (Phi) is 3.50. The maximum absolute atomic E-state index is 11.3. The lowest BCUT2D eigenvalue weighted by Crippen LogP contribution is -2.53. The first kappa shape index (κ1) is 13.2. The van der Waals surface area contributed by atoms with Crippen LogP contribution >= 0.6 is 11.6 Å². The Labute approximate surface area is 111 Å². The summed E-state index contributed by atoms with van der Waals surface area (Å²) in [5, 5.41) is 9.74. The third-order valence-electron chi connectivity index (χ3n) is 3.13. The summed E-state index contributed by atoms with van der Waals surface area (Å²) in [7, 11) is 0. The predicted molar refractivity (Wildman–Crippen MR) is 70.7 cm³/mol. The topological polar surface area (TPSA) is 49.8 Å². The molecule has 0 saturated carbocycles. The second-order valence-electron chi connectivity index (χ2n) is 4.96. The van der Waals surface area contributed by atoms with E-state index in [-0.39, 0.29) is 11.1 Å². The Balaban J connectivity index is 2.52. The van der Waals surface area contributed by atoms with Crippen molar-refractivity contribution in [2.24, 2.45) is 0 Å². The molecule has 1 heterocycles. The molecule has 1 fully saturated rings. The van der Waals surface area contributed by atoms with Crippen LogP contribution in [0.15, 0.2) is 18.2 Å². The molecule has 0 bridgehead atoms. The summed E-state index contributed by atoms with van der Waals surface area (Å²) < 4.78 is 5.44. The van der Waals surface area contributed by atoms with E-state index in [0.29, 0.717) is 30.5 Å². The van der Waals surface area contributed by atoms with Gasteiger partial charge < -0.3 is 14.7 Å². The standard InChI is InChI=1S/C13H16ClNO3/c1-13(2)8-18-7-6-15(13)11-9(12(16)17)4-3-5-10(11)14/h3-5H,6-8H2,1-2H3,(H,16,17). The first-order chi connectivity index (χ1) is 8.43. The van der Waals surface area contributed by atoms with Crippen LogP contribution in [0.5, 0.6) is 0 Å². The third kappa shape index (κ3) is 2.31. The third-order valence-corrected chi connectivity index (χ3v) is 3.44. The zero-order valence-corrected chi connectivity index (χ0v) is 11.2. The Hall–Kier alpha value is -1.26. The lowest BCUT2D eigenvalue weighted by Gasteiger charge is -2.44. The van der Waals surface area contributed by atoms with E-state index in [1.807, 2.05) is 18.7 Å². The van der Waals surface area contributed by atoms with Gasteiger partial charge >= 0.3 is 5.97 Å². The van der Waals surface area contributed by atoms with Gasteiger partial charge in [-0.3, -0.25) is 0 Å². The number of morpholine rings is 1. The van der Waals surface area contributed by atoms with Gasteiger partial charge in [0.2, 0.25) is 0 Å². The number of anilines is 1. The summed E-state index contributed by atoms with van der Waals surface area (Å²) >= 11 is 6.19. The van der Waals surface area contributed by atoms with Crippen molar-refractivity contribution < 1.29 is 14.6 Å². The first-order valence-electron chi connectivity index (χ1n) is 5.81. The number of hydrogen-bond acceptors (Lipinski definition) is 3. The summed E-state index contributed by atoms with van der Waals surface area (Å²) in [6.07, 6.45) is 0.